The van der Waals surface area contributed by atoms with Crippen molar-refractivity contribution in [2.24, 2.45) is 0 Å². The molecule has 1 fully saturated rings. The van der Waals surface area contributed by atoms with Crippen LogP contribution in [0.2, 0.25) is 0 Å². The molecule has 0 amide bonds. The number of nitrogens with one attached hydrogen (secondary N) is 1. The monoisotopic (exact) mass is 556 g/mol. The van der Waals surface area contributed by atoms with Gasteiger partial charge in [-0.05, 0) is 61.5 Å². The molecule has 0 unspecified atom stereocenters. The minimum absolute atomic E-state index is 0.0987. The number of hydrogen-bond acceptors (Lipinski definition) is 5. The van der Waals surface area contributed by atoms with Crippen LogP contribution in [0.5, 0.6) is 0 Å². The number of carboxylic acid groups (broad SMARTS) is 1. The Morgan fingerprint density at radius 2 is 2.03 bits per heavy atom. The summed E-state index contributed by atoms with van der Waals surface area (Å²) in [5.41, 5.74) is 0.608. The minimum atomic E-state index is -5.08. The van der Waals surface area contributed by atoms with Gasteiger partial charge in [-0.15, -0.1) is 0 Å². The maximum Gasteiger partial charge on any atom is 0.490 e. The molecule has 30 heavy (non-hydrogen) atoms. The standard InChI is InChI=1S/C16H20Br2N4O.C2HF3O2/c1-21(8-11-4-3-5-22(11)2)9-14-19-15-12(16(23)20-14)6-10(17)7-13(15)18;3-2(4,5)1(6)7/h6-7,11H,3-5,8-9H2,1-2H3,(H,19,20,23);(H,6,7)/t11-;/m0./s1. The van der Waals surface area contributed by atoms with Crippen molar-refractivity contribution < 1.29 is 23.1 Å². The van der Waals surface area contributed by atoms with Crippen LogP contribution in [0.1, 0.15) is 18.7 Å². The molecule has 2 aromatic rings. The number of H-pyrrole nitrogens is 1. The number of carbonyl (C=O) groups is 1. The van der Waals surface area contributed by atoms with E-state index in [0.717, 1.165) is 15.5 Å². The molecule has 2 heterocycles. The SMILES string of the molecule is CN(Cc1nc2c(Br)cc(Br)cc2c(=O)[nH]1)C[C@@H]1CCCN1C.O=C(O)C(F)(F)F. The Morgan fingerprint density at radius 1 is 1.40 bits per heavy atom. The number of hydrogen-bond donors (Lipinski definition) is 2. The van der Waals surface area contributed by atoms with E-state index in [1.807, 2.05) is 6.07 Å². The number of halogens is 5. The fourth-order valence-corrected chi connectivity index (χ4v) is 4.49. The lowest BCUT2D eigenvalue weighted by Crippen LogP contribution is -2.36. The van der Waals surface area contributed by atoms with Crippen molar-refractivity contribution in [1.29, 1.82) is 0 Å². The lowest BCUT2D eigenvalue weighted by molar-refractivity contribution is -0.192. The van der Waals surface area contributed by atoms with Gasteiger partial charge in [-0.3, -0.25) is 9.69 Å². The summed E-state index contributed by atoms with van der Waals surface area (Å²) in [6, 6.07) is 4.30. The third kappa shape index (κ3) is 6.76. The molecule has 1 aliphatic heterocycles. The number of benzene rings is 1. The molecule has 1 aliphatic rings. The quantitative estimate of drug-likeness (QED) is 0.597. The van der Waals surface area contributed by atoms with E-state index in [-0.39, 0.29) is 5.56 Å². The molecule has 1 atom stereocenters. The van der Waals surface area contributed by atoms with Gasteiger partial charge in [0.1, 0.15) is 5.82 Å². The fourth-order valence-electron chi connectivity index (χ4n) is 3.18. The van der Waals surface area contributed by atoms with E-state index < -0.39 is 12.1 Å². The molecule has 0 saturated carbocycles. The molecule has 1 aromatic carbocycles. The van der Waals surface area contributed by atoms with Crippen molar-refractivity contribution in [2.75, 3.05) is 27.2 Å². The van der Waals surface area contributed by atoms with Crippen LogP contribution in [0.4, 0.5) is 13.2 Å². The topological polar surface area (TPSA) is 89.5 Å². The van der Waals surface area contributed by atoms with Crippen LogP contribution in [-0.2, 0) is 11.3 Å². The van der Waals surface area contributed by atoms with E-state index in [1.54, 1.807) is 6.07 Å². The number of likely N-dealkylation sites (N-methyl/N-ethyl adjacent to an activating group) is 2. The number of aromatic nitrogens is 2. The van der Waals surface area contributed by atoms with Crippen molar-refractivity contribution in [3.63, 3.8) is 0 Å². The van der Waals surface area contributed by atoms with Crippen molar-refractivity contribution >= 4 is 48.7 Å². The number of nitrogens with zero attached hydrogens (tertiary/aromatic N) is 3. The van der Waals surface area contributed by atoms with Gasteiger partial charge in [0.2, 0.25) is 0 Å². The van der Waals surface area contributed by atoms with Crippen LogP contribution in [0, 0.1) is 0 Å². The molecule has 2 N–H and O–H groups in total. The molecule has 3 rings (SSSR count). The van der Waals surface area contributed by atoms with Crippen LogP contribution in [-0.4, -0.2) is 70.2 Å². The van der Waals surface area contributed by atoms with E-state index in [9.17, 15) is 18.0 Å². The summed E-state index contributed by atoms with van der Waals surface area (Å²) < 4.78 is 33.4. The van der Waals surface area contributed by atoms with E-state index in [1.165, 1.54) is 19.4 Å². The molecular formula is C18H21Br2F3N4O3. The first kappa shape index (κ1) is 24.8. The number of likely N-dealkylation sites (tertiary alicyclic amines) is 1. The van der Waals surface area contributed by atoms with Gasteiger partial charge in [0.15, 0.2) is 0 Å². The van der Waals surface area contributed by atoms with E-state index in [2.05, 4.69) is 65.7 Å². The fraction of sp³-hybridized carbons (Fsp3) is 0.500. The Bertz CT molecular complexity index is 968. The third-order valence-corrected chi connectivity index (χ3v) is 5.70. The van der Waals surface area contributed by atoms with E-state index in [4.69, 9.17) is 9.90 Å². The number of aromatic amines is 1. The Morgan fingerprint density at radius 3 is 2.57 bits per heavy atom. The largest absolute Gasteiger partial charge is 0.490 e. The van der Waals surface area contributed by atoms with Gasteiger partial charge in [-0.25, -0.2) is 9.78 Å². The Hall–Kier alpha value is -1.50. The molecular weight excluding hydrogens is 537 g/mol. The highest BCUT2D eigenvalue weighted by molar-refractivity contribution is 9.11. The first-order chi connectivity index (χ1) is 13.9. The lowest BCUT2D eigenvalue weighted by atomic mass is 10.2. The van der Waals surface area contributed by atoms with E-state index >= 15 is 0 Å². The second-order valence-corrected chi connectivity index (χ2v) is 8.84. The molecule has 0 aliphatic carbocycles. The summed E-state index contributed by atoms with van der Waals surface area (Å²) in [6.45, 7) is 2.79. The average Bonchev–Trinajstić information content (AvgIpc) is 3.00. The van der Waals surface area contributed by atoms with Gasteiger partial charge in [0.05, 0.1) is 17.4 Å². The van der Waals surface area contributed by atoms with Crippen molar-refractivity contribution in [3.8, 4) is 0 Å². The molecule has 166 valence electrons. The van der Waals surface area contributed by atoms with Crippen LogP contribution < -0.4 is 5.56 Å². The van der Waals surface area contributed by atoms with Gasteiger partial charge < -0.3 is 15.0 Å². The van der Waals surface area contributed by atoms with Crippen molar-refractivity contribution in [1.82, 2.24) is 19.8 Å². The second-order valence-electron chi connectivity index (χ2n) is 7.07. The zero-order valence-corrected chi connectivity index (χ0v) is 19.4. The molecule has 0 bridgehead atoms. The van der Waals surface area contributed by atoms with Crippen LogP contribution >= 0.6 is 31.9 Å². The first-order valence-electron chi connectivity index (χ1n) is 8.95. The van der Waals surface area contributed by atoms with Gasteiger partial charge in [0.25, 0.3) is 5.56 Å². The average molecular weight is 558 g/mol. The summed E-state index contributed by atoms with van der Waals surface area (Å²) in [5, 5.41) is 7.72. The molecule has 12 heteroatoms. The molecule has 1 aromatic heterocycles. The van der Waals surface area contributed by atoms with E-state index in [0.29, 0.717) is 29.3 Å². The highest BCUT2D eigenvalue weighted by atomic mass is 79.9. The molecule has 0 spiro atoms. The summed E-state index contributed by atoms with van der Waals surface area (Å²) >= 11 is 6.90. The second kappa shape index (κ2) is 10.2. The predicted molar refractivity (Wildman–Crippen MR) is 113 cm³/mol. The normalized spacial score (nSPS) is 17.3. The van der Waals surface area contributed by atoms with Gasteiger partial charge in [-0.1, -0.05) is 15.9 Å². The van der Waals surface area contributed by atoms with Gasteiger partial charge >= 0.3 is 12.1 Å². The smallest absolute Gasteiger partial charge is 0.475 e. The Balaban J connectivity index is 0.000000396. The number of carboxylic acids is 1. The minimum Gasteiger partial charge on any atom is -0.475 e. The highest BCUT2D eigenvalue weighted by Crippen LogP contribution is 2.25. The zero-order chi connectivity index (χ0) is 22.6. The summed E-state index contributed by atoms with van der Waals surface area (Å²) in [7, 11) is 4.25. The van der Waals surface area contributed by atoms with Crippen LogP contribution in [0.3, 0.4) is 0 Å². The number of rotatable bonds is 4. The summed E-state index contributed by atoms with van der Waals surface area (Å²) in [5.74, 6) is -2.05. The number of fused-ring (bicyclic) bond motifs is 1. The third-order valence-electron chi connectivity index (χ3n) is 4.63. The lowest BCUT2D eigenvalue weighted by Gasteiger charge is -2.25. The van der Waals surface area contributed by atoms with Gasteiger partial charge in [0, 0.05) is 21.5 Å². The maximum absolute atomic E-state index is 12.3. The summed E-state index contributed by atoms with van der Waals surface area (Å²) in [4.78, 5) is 33.4. The molecule has 0 radical (unpaired) electrons. The molecule has 1 saturated heterocycles. The summed E-state index contributed by atoms with van der Waals surface area (Å²) in [6.07, 6.45) is -2.58. The molecule has 7 nitrogen and oxygen atoms in total. The Labute approximate surface area is 187 Å². The first-order valence-corrected chi connectivity index (χ1v) is 10.5. The van der Waals surface area contributed by atoms with Crippen molar-refractivity contribution in [2.45, 2.75) is 31.6 Å². The zero-order valence-electron chi connectivity index (χ0n) is 16.3. The number of aliphatic carboxylic acids is 1. The van der Waals surface area contributed by atoms with Crippen molar-refractivity contribution in [3.05, 3.63) is 37.3 Å². The predicted octanol–water partition coefficient (Wildman–Crippen LogP) is 3.61. The van der Waals surface area contributed by atoms with Gasteiger partial charge in [-0.2, -0.15) is 13.2 Å². The van der Waals surface area contributed by atoms with Crippen LogP contribution in [0.15, 0.2) is 25.9 Å². The maximum atomic E-state index is 12.3. The Kier molecular flexibility index (Phi) is 8.43. The highest BCUT2D eigenvalue weighted by Gasteiger charge is 2.38. The van der Waals surface area contributed by atoms with Crippen LogP contribution in [0.25, 0.3) is 10.9 Å². The number of alkyl halides is 3.